The Hall–Kier alpha value is -3.27. The first-order valence-corrected chi connectivity index (χ1v) is 11.2. The Bertz CT molecular complexity index is 1240. The molecule has 1 aromatic heterocycles. The number of rotatable bonds is 6. The molecule has 31 heavy (non-hydrogen) atoms. The van der Waals surface area contributed by atoms with Crippen molar-refractivity contribution < 1.29 is 18.1 Å². The Morgan fingerprint density at radius 1 is 1.32 bits per heavy atom. The van der Waals surface area contributed by atoms with Gasteiger partial charge in [-0.2, -0.15) is 10.6 Å². The number of hydrogen-bond acceptors (Lipinski definition) is 8. The summed E-state index contributed by atoms with van der Waals surface area (Å²) in [6.07, 6.45) is 3.31. The highest BCUT2D eigenvalue weighted by Crippen LogP contribution is 2.33. The van der Waals surface area contributed by atoms with Gasteiger partial charge in [-0.15, -0.1) is 6.26 Å². The third kappa shape index (κ3) is 4.91. The maximum Gasteiger partial charge on any atom is 0.220 e. The molecule has 3 aromatic rings. The second-order valence-corrected chi connectivity index (χ2v) is 8.37. The monoisotopic (exact) mass is 442 g/mol. The fourth-order valence-electron chi connectivity index (χ4n) is 3.51. The Kier molecular flexibility index (Phi) is 5.99. The first-order valence-electron chi connectivity index (χ1n) is 9.66. The quantitative estimate of drug-likeness (QED) is 0.564. The van der Waals surface area contributed by atoms with E-state index >= 15 is 0 Å². The van der Waals surface area contributed by atoms with Crippen molar-refractivity contribution in [1.29, 1.82) is 0 Å². The smallest absolute Gasteiger partial charge is 0.220 e. The van der Waals surface area contributed by atoms with Crippen molar-refractivity contribution in [1.82, 2.24) is 15.3 Å². The summed E-state index contributed by atoms with van der Waals surface area (Å²) in [5.74, 6) is 0.463. The second kappa shape index (κ2) is 8.84. The van der Waals surface area contributed by atoms with Crippen LogP contribution in [-0.2, 0) is 19.6 Å². The van der Waals surface area contributed by atoms with Gasteiger partial charge in [0.1, 0.15) is 23.7 Å². The van der Waals surface area contributed by atoms with Crippen LogP contribution in [0, 0.1) is 18.7 Å². The van der Waals surface area contributed by atoms with E-state index < -0.39 is 16.4 Å². The summed E-state index contributed by atoms with van der Waals surface area (Å²) >= 11 is 0. The SMILES string of the molecule is Cc1cc(N=[S-](C)=O)cc2ncnc(Nc3ccc(F)cc3OCC3CNC(=O)C3)c12. The molecule has 1 saturated heterocycles. The number of amides is 1. The van der Waals surface area contributed by atoms with Gasteiger partial charge in [0, 0.05) is 36.0 Å². The molecule has 0 spiro atoms. The van der Waals surface area contributed by atoms with Gasteiger partial charge in [-0.3, -0.25) is 4.79 Å². The summed E-state index contributed by atoms with van der Waals surface area (Å²) in [4.78, 5) is 20.0. The molecule has 8 nitrogen and oxygen atoms in total. The Labute approximate surface area is 180 Å². The van der Waals surface area contributed by atoms with E-state index in [0.29, 0.717) is 48.0 Å². The number of carbonyl (C=O) groups is 1. The van der Waals surface area contributed by atoms with E-state index in [-0.39, 0.29) is 11.8 Å². The zero-order valence-corrected chi connectivity index (χ0v) is 17.8. The van der Waals surface area contributed by atoms with E-state index in [1.165, 1.54) is 24.7 Å². The van der Waals surface area contributed by atoms with Gasteiger partial charge in [0.2, 0.25) is 5.91 Å². The first kappa shape index (κ1) is 21.0. The second-order valence-electron chi connectivity index (χ2n) is 7.34. The molecule has 0 bridgehead atoms. The molecule has 162 valence electrons. The summed E-state index contributed by atoms with van der Waals surface area (Å²) < 4.78 is 35.2. The number of aromatic nitrogens is 2. The maximum absolute atomic E-state index is 13.9. The molecular weight excluding hydrogens is 421 g/mol. The van der Waals surface area contributed by atoms with Gasteiger partial charge in [0.05, 0.1) is 17.8 Å². The van der Waals surface area contributed by atoms with Crippen LogP contribution in [0.15, 0.2) is 41.0 Å². The normalized spacial score (nSPS) is 17.0. The first-order chi connectivity index (χ1) is 14.9. The lowest BCUT2D eigenvalue weighted by Gasteiger charge is -2.16. The van der Waals surface area contributed by atoms with Crippen molar-refractivity contribution in [3.8, 4) is 5.75 Å². The molecule has 1 aliphatic heterocycles. The predicted octanol–water partition coefficient (Wildman–Crippen LogP) is 3.74. The van der Waals surface area contributed by atoms with Crippen LogP contribution in [0.3, 0.4) is 0 Å². The molecule has 1 fully saturated rings. The predicted molar refractivity (Wildman–Crippen MR) is 117 cm³/mol. The van der Waals surface area contributed by atoms with Crippen LogP contribution in [0.1, 0.15) is 12.0 Å². The maximum atomic E-state index is 13.9. The Balaban J connectivity index is 1.65. The minimum atomic E-state index is -1.33. The van der Waals surface area contributed by atoms with Crippen molar-refractivity contribution in [3.05, 3.63) is 48.0 Å². The summed E-state index contributed by atoms with van der Waals surface area (Å²) in [6, 6.07) is 7.76. The van der Waals surface area contributed by atoms with Gasteiger partial charge in [-0.25, -0.2) is 14.4 Å². The van der Waals surface area contributed by atoms with Crippen LogP contribution in [0.25, 0.3) is 10.9 Å². The minimum Gasteiger partial charge on any atom is -0.491 e. The minimum absolute atomic E-state index is 0.00729. The van der Waals surface area contributed by atoms with E-state index in [0.717, 1.165) is 10.9 Å². The van der Waals surface area contributed by atoms with Crippen molar-refractivity contribution in [3.63, 3.8) is 0 Å². The average molecular weight is 442 g/mol. The van der Waals surface area contributed by atoms with E-state index in [9.17, 15) is 13.4 Å². The molecule has 2 heterocycles. The zero-order chi connectivity index (χ0) is 22.0. The lowest BCUT2D eigenvalue weighted by molar-refractivity contribution is -0.119. The van der Waals surface area contributed by atoms with Crippen LogP contribution >= 0.6 is 0 Å². The molecule has 2 aromatic carbocycles. The number of fused-ring (bicyclic) bond motifs is 1. The van der Waals surface area contributed by atoms with Gasteiger partial charge in [0.15, 0.2) is 0 Å². The summed E-state index contributed by atoms with van der Waals surface area (Å²) in [5.41, 5.74) is 2.61. The largest absolute Gasteiger partial charge is 0.491 e. The molecule has 1 unspecified atom stereocenters. The molecule has 2 N–H and O–H groups in total. The molecule has 10 heteroatoms. The van der Waals surface area contributed by atoms with E-state index in [1.54, 1.807) is 12.1 Å². The molecule has 1 amide bonds. The Morgan fingerprint density at radius 2 is 2.16 bits per heavy atom. The number of nitrogens with zero attached hydrogens (tertiary/aromatic N) is 3. The van der Waals surface area contributed by atoms with Crippen LogP contribution in [0.2, 0.25) is 0 Å². The molecule has 1 aliphatic rings. The Morgan fingerprint density at radius 3 is 2.90 bits per heavy atom. The molecule has 0 aliphatic carbocycles. The number of nitrogens with one attached hydrogen (secondary N) is 2. The van der Waals surface area contributed by atoms with Gasteiger partial charge in [0.25, 0.3) is 0 Å². The molecule has 0 saturated carbocycles. The van der Waals surface area contributed by atoms with E-state index in [2.05, 4.69) is 25.0 Å². The number of anilines is 2. The number of hydrogen-bond donors (Lipinski definition) is 2. The van der Waals surface area contributed by atoms with Crippen molar-refractivity contribution in [2.24, 2.45) is 10.3 Å². The number of benzene rings is 2. The fraction of sp³-hybridized carbons (Fsp3) is 0.286. The van der Waals surface area contributed by atoms with Gasteiger partial charge < -0.3 is 23.9 Å². The lowest BCUT2D eigenvalue weighted by atomic mass is 10.1. The number of halogens is 1. The molecule has 1 atom stereocenters. The number of carbonyl (C=O) groups excluding carboxylic acids is 1. The lowest BCUT2D eigenvalue weighted by Crippen LogP contribution is -2.17. The van der Waals surface area contributed by atoms with Crippen LogP contribution in [0.5, 0.6) is 5.75 Å². The van der Waals surface area contributed by atoms with Crippen molar-refractivity contribution >= 4 is 44.6 Å². The van der Waals surface area contributed by atoms with Gasteiger partial charge in [-0.1, -0.05) is 0 Å². The van der Waals surface area contributed by atoms with E-state index in [1.807, 2.05) is 13.0 Å². The molecule has 4 rings (SSSR count). The number of ether oxygens (including phenoxy) is 1. The van der Waals surface area contributed by atoms with Crippen molar-refractivity contribution in [2.45, 2.75) is 13.3 Å². The van der Waals surface area contributed by atoms with Gasteiger partial charge in [-0.05, 0) is 36.8 Å². The topological polar surface area (TPSA) is 106 Å². The molecule has 0 radical (unpaired) electrons. The number of aryl methyl sites for hydroxylation is 1. The van der Waals surface area contributed by atoms with Gasteiger partial charge >= 0.3 is 0 Å². The van der Waals surface area contributed by atoms with Crippen molar-refractivity contribution in [2.75, 3.05) is 24.7 Å². The highest BCUT2D eigenvalue weighted by Gasteiger charge is 2.22. The van der Waals surface area contributed by atoms with Crippen LogP contribution in [-0.4, -0.2) is 35.3 Å². The average Bonchev–Trinajstić information content (AvgIpc) is 3.12. The highest BCUT2D eigenvalue weighted by molar-refractivity contribution is 7.74. The summed E-state index contributed by atoms with van der Waals surface area (Å²) in [7, 11) is -1.33. The van der Waals surface area contributed by atoms with Crippen LogP contribution in [0.4, 0.5) is 21.6 Å². The highest BCUT2D eigenvalue weighted by atomic mass is 32.2. The van der Waals surface area contributed by atoms with Crippen LogP contribution < -0.4 is 15.4 Å². The zero-order valence-electron chi connectivity index (χ0n) is 17.0. The van der Waals surface area contributed by atoms with E-state index in [4.69, 9.17) is 4.74 Å². The fourth-order valence-corrected chi connectivity index (χ4v) is 3.91. The summed E-state index contributed by atoms with van der Waals surface area (Å²) in [6.45, 7) is 2.72. The molecular formula is C21H21FN5O3S-. The third-order valence-corrected chi connectivity index (χ3v) is 5.36. The summed E-state index contributed by atoms with van der Waals surface area (Å²) in [5, 5.41) is 6.74. The standard InChI is InChI=1S/C21H21FN5O3S/c1-12-5-15(27-31(2)29)8-17-20(12)21(25-11-24-17)26-16-4-3-14(22)7-18(16)30-10-13-6-19(28)23-9-13/h3-5,7-8,11,13H,6,9-10H2,1-2H3,(H,23,28)(H,24,25,26)/q-1. The third-order valence-electron chi connectivity index (χ3n) is 4.89.